The minimum absolute atomic E-state index is 0.0164. The normalized spacial score (nSPS) is 11.1. The van der Waals surface area contributed by atoms with Crippen LogP contribution in [0.4, 0.5) is 0 Å². The van der Waals surface area contributed by atoms with E-state index in [1.165, 1.54) is 17.3 Å². The summed E-state index contributed by atoms with van der Waals surface area (Å²) in [4.78, 5) is 15.9. The second kappa shape index (κ2) is 8.73. The Balaban J connectivity index is 1.64. The van der Waals surface area contributed by atoms with Crippen LogP contribution in [0.1, 0.15) is 26.3 Å². The van der Waals surface area contributed by atoms with E-state index >= 15 is 0 Å². The van der Waals surface area contributed by atoms with Crippen molar-refractivity contribution in [2.75, 3.05) is 18.9 Å². The fourth-order valence-electron chi connectivity index (χ4n) is 2.03. The van der Waals surface area contributed by atoms with Crippen LogP contribution in [0.3, 0.4) is 0 Å². The molecular formula is C19H24N2O2S. The number of benzene rings is 1. The SMILES string of the molecule is CC(C)(C)c1ccc(OCCNC(=O)CSc2ccccn2)cc1. The molecule has 0 bridgehead atoms. The van der Waals surface area contributed by atoms with Crippen molar-refractivity contribution >= 4 is 17.7 Å². The zero-order chi connectivity index (χ0) is 17.4. The van der Waals surface area contributed by atoms with Gasteiger partial charge in [-0.1, -0.05) is 50.7 Å². The van der Waals surface area contributed by atoms with Crippen molar-refractivity contribution in [2.45, 2.75) is 31.2 Å². The van der Waals surface area contributed by atoms with Gasteiger partial charge in [0.05, 0.1) is 17.3 Å². The summed E-state index contributed by atoms with van der Waals surface area (Å²) in [5, 5.41) is 3.70. The molecule has 1 N–H and O–H groups in total. The summed E-state index contributed by atoms with van der Waals surface area (Å²) >= 11 is 1.42. The molecule has 24 heavy (non-hydrogen) atoms. The van der Waals surface area contributed by atoms with Crippen molar-refractivity contribution in [1.82, 2.24) is 10.3 Å². The van der Waals surface area contributed by atoms with Gasteiger partial charge in [-0.3, -0.25) is 4.79 Å². The van der Waals surface area contributed by atoms with Crippen LogP contribution in [0, 0.1) is 0 Å². The Morgan fingerprint density at radius 1 is 1.17 bits per heavy atom. The zero-order valence-electron chi connectivity index (χ0n) is 14.4. The quantitative estimate of drug-likeness (QED) is 0.615. The number of amides is 1. The van der Waals surface area contributed by atoms with Crippen molar-refractivity contribution in [3.05, 3.63) is 54.2 Å². The molecule has 1 aromatic carbocycles. The number of thioether (sulfide) groups is 1. The van der Waals surface area contributed by atoms with Gasteiger partial charge in [0.15, 0.2) is 0 Å². The maximum Gasteiger partial charge on any atom is 0.230 e. The molecule has 1 aromatic heterocycles. The van der Waals surface area contributed by atoms with Crippen LogP contribution in [-0.4, -0.2) is 29.8 Å². The van der Waals surface area contributed by atoms with Gasteiger partial charge in [0, 0.05) is 6.20 Å². The van der Waals surface area contributed by atoms with E-state index in [4.69, 9.17) is 4.74 Å². The van der Waals surface area contributed by atoms with Crippen LogP contribution in [-0.2, 0) is 10.2 Å². The molecule has 0 aliphatic rings. The van der Waals surface area contributed by atoms with E-state index in [0.29, 0.717) is 18.9 Å². The van der Waals surface area contributed by atoms with Gasteiger partial charge in [-0.15, -0.1) is 0 Å². The van der Waals surface area contributed by atoms with Crippen LogP contribution in [0.25, 0.3) is 0 Å². The number of rotatable bonds is 7. The number of carbonyl (C=O) groups excluding carboxylic acids is 1. The number of aromatic nitrogens is 1. The molecule has 0 saturated heterocycles. The number of hydrogen-bond donors (Lipinski definition) is 1. The molecule has 0 radical (unpaired) electrons. The van der Waals surface area contributed by atoms with E-state index in [9.17, 15) is 4.79 Å². The standard InChI is InChI=1S/C19H24N2O2S/c1-19(2,3)15-7-9-16(10-8-15)23-13-12-20-17(22)14-24-18-6-4-5-11-21-18/h4-11H,12-14H2,1-3H3,(H,20,22). The maximum atomic E-state index is 11.8. The third-order valence-corrected chi connectivity index (χ3v) is 4.35. The summed E-state index contributed by atoms with van der Waals surface area (Å²) in [6.07, 6.45) is 1.72. The van der Waals surface area contributed by atoms with Crippen molar-refractivity contribution in [3.63, 3.8) is 0 Å². The van der Waals surface area contributed by atoms with Crippen molar-refractivity contribution in [3.8, 4) is 5.75 Å². The molecule has 2 aromatic rings. The monoisotopic (exact) mass is 344 g/mol. The Labute approximate surface area is 148 Å². The van der Waals surface area contributed by atoms with Crippen LogP contribution in [0.15, 0.2) is 53.7 Å². The molecule has 0 aliphatic heterocycles. The highest BCUT2D eigenvalue weighted by Crippen LogP contribution is 2.24. The highest BCUT2D eigenvalue weighted by atomic mass is 32.2. The highest BCUT2D eigenvalue weighted by molar-refractivity contribution is 7.99. The first kappa shape index (κ1) is 18.3. The average molecular weight is 344 g/mol. The summed E-state index contributed by atoms with van der Waals surface area (Å²) in [5.41, 5.74) is 1.41. The summed E-state index contributed by atoms with van der Waals surface area (Å²) < 4.78 is 5.65. The lowest BCUT2D eigenvalue weighted by molar-refractivity contribution is -0.118. The van der Waals surface area contributed by atoms with E-state index in [0.717, 1.165) is 10.8 Å². The second-order valence-corrected chi connectivity index (χ2v) is 7.43. The summed E-state index contributed by atoms with van der Waals surface area (Å²) in [6, 6.07) is 13.8. The second-order valence-electron chi connectivity index (χ2n) is 6.43. The molecule has 0 spiro atoms. The third-order valence-electron chi connectivity index (χ3n) is 3.40. The van der Waals surface area contributed by atoms with Gasteiger partial charge in [0.2, 0.25) is 5.91 Å². The van der Waals surface area contributed by atoms with Crippen LogP contribution in [0.2, 0.25) is 0 Å². The van der Waals surface area contributed by atoms with Gasteiger partial charge in [0.1, 0.15) is 12.4 Å². The number of nitrogens with zero attached hydrogens (tertiary/aromatic N) is 1. The molecule has 0 saturated carbocycles. The Kier molecular flexibility index (Phi) is 6.67. The van der Waals surface area contributed by atoms with Gasteiger partial charge in [-0.25, -0.2) is 4.98 Å². The predicted octanol–water partition coefficient (Wildman–Crippen LogP) is 3.67. The van der Waals surface area contributed by atoms with Gasteiger partial charge >= 0.3 is 0 Å². The topological polar surface area (TPSA) is 51.2 Å². The molecule has 5 heteroatoms. The van der Waals surface area contributed by atoms with E-state index in [-0.39, 0.29) is 11.3 Å². The molecule has 2 rings (SSSR count). The number of hydrogen-bond acceptors (Lipinski definition) is 4. The van der Waals surface area contributed by atoms with Gasteiger partial charge < -0.3 is 10.1 Å². The number of nitrogens with one attached hydrogen (secondary N) is 1. The van der Waals surface area contributed by atoms with Crippen LogP contribution in [0.5, 0.6) is 5.75 Å². The zero-order valence-corrected chi connectivity index (χ0v) is 15.2. The Bertz CT molecular complexity index is 637. The molecule has 1 heterocycles. The molecular weight excluding hydrogens is 320 g/mol. The molecule has 0 fully saturated rings. The molecule has 0 unspecified atom stereocenters. The smallest absolute Gasteiger partial charge is 0.230 e. The first-order chi connectivity index (χ1) is 11.4. The first-order valence-electron chi connectivity index (χ1n) is 7.99. The predicted molar refractivity (Wildman–Crippen MR) is 98.6 cm³/mol. The fraction of sp³-hybridized carbons (Fsp3) is 0.368. The fourth-order valence-corrected chi connectivity index (χ4v) is 2.72. The maximum absolute atomic E-state index is 11.8. The lowest BCUT2D eigenvalue weighted by Crippen LogP contribution is -2.29. The number of carbonyl (C=O) groups is 1. The Morgan fingerprint density at radius 2 is 1.92 bits per heavy atom. The third kappa shape index (κ3) is 6.24. The number of ether oxygens (including phenoxy) is 1. The van der Waals surface area contributed by atoms with Gasteiger partial charge in [-0.05, 0) is 35.2 Å². The molecule has 128 valence electrons. The summed E-state index contributed by atoms with van der Waals surface area (Å²) in [5.74, 6) is 1.16. The van der Waals surface area contributed by atoms with E-state index < -0.39 is 0 Å². The van der Waals surface area contributed by atoms with Crippen molar-refractivity contribution in [1.29, 1.82) is 0 Å². The van der Waals surface area contributed by atoms with Crippen molar-refractivity contribution in [2.24, 2.45) is 0 Å². The van der Waals surface area contributed by atoms with Crippen LogP contribution < -0.4 is 10.1 Å². The highest BCUT2D eigenvalue weighted by Gasteiger charge is 2.12. The van der Waals surface area contributed by atoms with E-state index in [1.807, 2.05) is 30.3 Å². The molecule has 0 aliphatic carbocycles. The molecule has 4 nitrogen and oxygen atoms in total. The molecule has 0 atom stereocenters. The minimum Gasteiger partial charge on any atom is -0.492 e. The largest absolute Gasteiger partial charge is 0.492 e. The minimum atomic E-state index is -0.0164. The average Bonchev–Trinajstić information content (AvgIpc) is 2.57. The summed E-state index contributed by atoms with van der Waals surface area (Å²) in [7, 11) is 0. The Morgan fingerprint density at radius 3 is 2.54 bits per heavy atom. The van der Waals surface area contributed by atoms with Gasteiger partial charge in [-0.2, -0.15) is 0 Å². The summed E-state index contributed by atoms with van der Waals surface area (Å²) in [6.45, 7) is 7.49. The first-order valence-corrected chi connectivity index (χ1v) is 8.97. The Hall–Kier alpha value is -2.01. The molecule has 1 amide bonds. The van der Waals surface area contributed by atoms with E-state index in [2.05, 4.69) is 43.2 Å². The van der Waals surface area contributed by atoms with Gasteiger partial charge in [0.25, 0.3) is 0 Å². The van der Waals surface area contributed by atoms with Crippen molar-refractivity contribution < 1.29 is 9.53 Å². The lowest BCUT2D eigenvalue weighted by atomic mass is 9.87. The van der Waals surface area contributed by atoms with Crippen LogP contribution >= 0.6 is 11.8 Å². The lowest BCUT2D eigenvalue weighted by Gasteiger charge is -2.19. The number of pyridine rings is 1. The van der Waals surface area contributed by atoms with E-state index in [1.54, 1.807) is 6.20 Å².